The van der Waals surface area contributed by atoms with Crippen LogP contribution in [0.2, 0.25) is 0 Å². The van der Waals surface area contributed by atoms with Crippen molar-refractivity contribution >= 4 is 39.2 Å². The van der Waals surface area contributed by atoms with E-state index in [1.807, 2.05) is 0 Å². The molecule has 7 nitrogen and oxygen atoms in total. The number of amides is 2. The highest BCUT2D eigenvalue weighted by Gasteiger charge is 2.22. The molecule has 0 fully saturated rings. The molecule has 0 unspecified atom stereocenters. The Morgan fingerprint density at radius 3 is 2.96 bits per heavy atom. The van der Waals surface area contributed by atoms with Gasteiger partial charge < -0.3 is 10.3 Å². The summed E-state index contributed by atoms with van der Waals surface area (Å²) in [4.78, 5) is 26.8. The van der Waals surface area contributed by atoms with E-state index in [-0.39, 0.29) is 18.1 Å². The average molecular weight is 347 g/mol. The van der Waals surface area contributed by atoms with Crippen molar-refractivity contribution in [2.24, 2.45) is 0 Å². The van der Waals surface area contributed by atoms with Crippen LogP contribution in [0.25, 0.3) is 10.9 Å². The van der Waals surface area contributed by atoms with Crippen LogP contribution in [0.1, 0.15) is 12.5 Å². The molecule has 0 aliphatic carbocycles. The lowest BCUT2D eigenvalue weighted by molar-refractivity contribution is -0.125. The molecule has 0 saturated carbocycles. The van der Waals surface area contributed by atoms with Crippen LogP contribution in [0.15, 0.2) is 29.9 Å². The molecule has 2 amide bonds. The third-order valence-electron chi connectivity index (χ3n) is 3.44. The lowest BCUT2D eigenvalue weighted by Gasteiger charge is -2.16. The van der Waals surface area contributed by atoms with Gasteiger partial charge in [0.25, 0.3) is 0 Å². The van der Waals surface area contributed by atoms with Crippen molar-refractivity contribution in [1.82, 2.24) is 20.5 Å². The highest BCUT2D eigenvalue weighted by Crippen LogP contribution is 2.21. The highest BCUT2D eigenvalue weighted by atomic mass is 32.1. The maximum Gasteiger partial charge on any atom is 0.249 e. The molecule has 0 radical (unpaired) electrons. The molecule has 2 aromatic heterocycles. The molecule has 3 N–H and O–H groups in total. The van der Waals surface area contributed by atoms with Gasteiger partial charge in [-0.05, 0) is 23.8 Å². The van der Waals surface area contributed by atoms with Crippen LogP contribution in [0.4, 0.5) is 9.52 Å². The minimum absolute atomic E-state index is 0.260. The molecular formula is C15H14FN5O2S. The van der Waals surface area contributed by atoms with E-state index < -0.39 is 11.9 Å². The number of rotatable bonds is 5. The summed E-state index contributed by atoms with van der Waals surface area (Å²) in [6, 6.07) is 3.60. The average Bonchev–Trinajstić information content (AvgIpc) is 3.16. The summed E-state index contributed by atoms with van der Waals surface area (Å²) >= 11 is 1.18. The maximum atomic E-state index is 13.3. The van der Waals surface area contributed by atoms with Gasteiger partial charge in [-0.3, -0.25) is 14.9 Å². The maximum absolute atomic E-state index is 13.3. The Bertz CT molecular complexity index is 877. The molecule has 24 heavy (non-hydrogen) atoms. The summed E-state index contributed by atoms with van der Waals surface area (Å²) in [5.41, 5.74) is 2.93. The van der Waals surface area contributed by atoms with Gasteiger partial charge in [0.1, 0.15) is 17.4 Å². The van der Waals surface area contributed by atoms with Crippen LogP contribution in [-0.2, 0) is 16.0 Å². The number of carbonyl (C=O) groups excluding carboxylic acids is 2. The van der Waals surface area contributed by atoms with E-state index in [2.05, 4.69) is 25.8 Å². The number of hydrogen-bond acceptors (Lipinski definition) is 5. The smallest absolute Gasteiger partial charge is 0.249 e. The summed E-state index contributed by atoms with van der Waals surface area (Å²) in [5, 5.41) is 13.8. The normalized spacial score (nSPS) is 12.1. The summed E-state index contributed by atoms with van der Waals surface area (Å²) in [5.74, 6) is -1.06. The van der Waals surface area contributed by atoms with Crippen LogP contribution >= 0.6 is 11.3 Å². The Kier molecular flexibility index (Phi) is 4.52. The lowest BCUT2D eigenvalue weighted by Crippen LogP contribution is -2.44. The fourth-order valence-electron chi connectivity index (χ4n) is 2.42. The standard InChI is InChI=1S/C15H14FN5O2S/c1-8(22)19-13(14(23)20-15-21-18-7-24-15)4-9-6-17-12-5-10(16)2-3-11(9)12/h2-3,5-7,13,17H,4H2,1H3,(H,19,22)(H,20,21,23)/t13-/m0/s1. The molecular weight excluding hydrogens is 333 g/mol. The van der Waals surface area contributed by atoms with Gasteiger partial charge in [0, 0.05) is 30.4 Å². The van der Waals surface area contributed by atoms with E-state index in [1.165, 1.54) is 35.9 Å². The largest absolute Gasteiger partial charge is 0.361 e. The zero-order valence-electron chi connectivity index (χ0n) is 12.7. The number of nitrogens with one attached hydrogen (secondary N) is 3. The van der Waals surface area contributed by atoms with Gasteiger partial charge in [0.05, 0.1) is 0 Å². The molecule has 1 aromatic carbocycles. The zero-order valence-corrected chi connectivity index (χ0v) is 13.5. The van der Waals surface area contributed by atoms with Crippen LogP contribution in [-0.4, -0.2) is 33.0 Å². The molecule has 3 rings (SSSR count). The fraction of sp³-hybridized carbons (Fsp3) is 0.200. The number of nitrogens with zero attached hydrogens (tertiary/aromatic N) is 2. The van der Waals surface area contributed by atoms with Gasteiger partial charge in [0.15, 0.2) is 0 Å². The number of hydrogen-bond donors (Lipinski definition) is 3. The Balaban J connectivity index is 1.82. The first-order valence-corrected chi connectivity index (χ1v) is 8.00. The van der Waals surface area contributed by atoms with Gasteiger partial charge >= 0.3 is 0 Å². The summed E-state index contributed by atoms with van der Waals surface area (Å²) in [6.07, 6.45) is 1.97. The van der Waals surface area contributed by atoms with Crippen molar-refractivity contribution < 1.29 is 14.0 Å². The number of halogens is 1. The van der Waals surface area contributed by atoms with E-state index in [0.29, 0.717) is 10.6 Å². The van der Waals surface area contributed by atoms with Gasteiger partial charge in [-0.15, -0.1) is 10.2 Å². The van der Waals surface area contributed by atoms with Crippen molar-refractivity contribution in [2.45, 2.75) is 19.4 Å². The number of fused-ring (bicyclic) bond motifs is 1. The minimum atomic E-state index is -0.782. The summed E-state index contributed by atoms with van der Waals surface area (Å²) in [7, 11) is 0. The van der Waals surface area contributed by atoms with Crippen molar-refractivity contribution in [3.63, 3.8) is 0 Å². The van der Waals surface area contributed by atoms with Crippen molar-refractivity contribution in [2.75, 3.05) is 5.32 Å². The molecule has 0 bridgehead atoms. The van der Waals surface area contributed by atoms with Crippen LogP contribution < -0.4 is 10.6 Å². The lowest BCUT2D eigenvalue weighted by atomic mass is 10.0. The van der Waals surface area contributed by atoms with Crippen LogP contribution in [0.3, 0.4) is 0 Å². The third kappa shape index (κ3) is 3.57. The molecule has 1 atom stereocenters. The van der Waals surface area contributed by atoms with Gasteiger partial charge in [0.2, 0.25) is 16.9 Å². The predicted molar refractivity (Wildman–Crippen MR) is 88.1 cm³/mol. The molecule has 2 heterocycles. The second-order valence-corrected chi connectivity index (χ2v) is 6.03. The van der Waals surface area contributed by atoms with Gasteiger partial charge in [-0.2, -0.15) is 0 Å². The molecule has 9 heteroatoms. The highest BCUT2D eigenvalue weighted by molar-refractivity contribution is 7.13. The first-order chi connectivity index (χ1) is 11.5. The minimum Gasteiger partial charge on any atom is -0.361 e. The summed E-state index contributed by atoms with van der Waals surface area (Å²) < 4.78 is 13.3. The zero-order chi connectivity index (χ0) is 17.1. The Morgan fingerprint density at radius 1 is 1.42 bits per heavy atom. The molecule has 3 aromatic rings. The first kappa shape index (κ1) is 16.1. The van der Waals surface area contributed by atoms with Crippen molar-refractivity contribution in [3.8, 4) is 0 Å². The van der Waals surface area contributed by atoms with E-state index in [9.17, 15) is 14.0 Å². The topological polar surface area (TPSA) is 99.8 Å². The molecule has 0 aliphatic rings. The monoisotopic (exact) mass is 347 g/mol. The van der Waals surface area contributed by atoms with Crippen LogP contribution in [0, 0.1) is 5.82 Å². The Labute approximate surface area is 140 Å². The molecule has 0 aliphatic heterocycles. The molecule has 124 valence electrons. The Hall–Kier alpha value is -2.81. The number of aromatic nitrogens is 3. The summed E-state index contributed by atoms with van der Waals surface area (Å²) in [6.45, 7) is 1.34. The second kappa shape index (κ2) is 6.75. The van der Waals surface area contributed by atoms with Crippen molar-refractivity contribution in [1.29, 1.82) is 0 Å². The van der Waals surface area contributed by atoms with Crippen LogP contribution in [0.5, 0.6) is 0 Å². The fourth-order valence-corrected chi connectivity index (χ4v) is 2.87. The van der Waals surface area contributed by atoms with Crippen molar-refractivity contribution in [3.05, 3.63) is 41.3 Å². The quantitative estimate of drug-likeness (QED) is 0.656. The number of benzene rings is 1. The number of H-pyrrole nitrogens is 1. The van der Waals surface area contributed by atoms with E-state index in [4.69, 9.17) is 0 Å². The van der Waals surface area contributed by atoms with E-state index in [0.717, 1.165) is 10.9 Å². The second-order valence-electron chi connectivity index (χ2n) is 5.19. The number of aromatic amines is 1. The SMILES string of the molecule is CC(=O)N[C@@H](Cc1c[nH]c2cc(F)ccc12)C(=O)Nc1nncs1. The van der Waals surface area contributed by atoms with E-state index >= 15 is 0 Å². The Morgan fingerprint density at radius 2 is 2.25 bits per heavy atom. The number of carbonyl (C=O) groups is 2. The number of anilines is 1. The first-order valence-electron chi connectivity index (χ1n) is 7.12. The predicted octanol–water partition coefficient (Wildman–Crippen LogP) is 1.84. The van der Waals surface area contributed by atoms with Gasteiger partial charge in [-0.1, -0.05) is 11.3 Å². The molecule has 0 saturated heterocycles. The van der Waals surface area contributed by atoms with Gasteiger partial charge in [-0.25, -0.2) is 4.39 Å². The third-order valence-corrected chi connectivity index (χ3v) is 4.04. The van der Waals surface area contributed by atoms with E-state index in [1.54, 1.807) is 12.3 Å². The molecule has 0 spiro atoms.